The van der Waals surface area contributed by atoms with Crippen LogP contribution < -0.4 is 27.8 Å². The van der Waals surface area contributed by atoms with Crippen LogP contribution in [0.3, 0.4) is 0 Å². The number of ether oxygens (including phenoxy) is 1. The zero-order valence-corrected chi connectivity index (χ0v) is 26.0. The first kappa shape index (κ1) is 34.9. The Bertz CT molecular complexity index is 1460. The third kappa shape index (κ3) is 8.43. The van der Waals surface area contributed by atoms with E-state index in [0.717, 1.165) is 4.68 Å². The van der Waals surface area contributed by atoms with Crippen molar-refractivity contribution in [1.29, 1.82) is 0 Å². The molecule has 1 aromatic carbocycles. The van der Waals surface area contributed by atoms with E-state index in [4.69, 9.17) is 21.9 Å². The van der Waals surface area contributed by atoms with Crippen molar-refractivity contribution in [2.24, 2.45) is 22.6 Å². The standard InChI is InChI=1S/C31H42F3N7O5/c1-30(2)15-23-26(24(42)16-30)27(31(32,33)34)40-41(23)18-7-10-20(28(37)44)22(14-18)39-17-5-8-19(9-6-17)46-25(43)11-13-38-29(45)21(36)4-3-12-35/h7,10,14,17,19,21,39H,3-6,8-9,11-13,15-16,35-36H2,1-2H3,(H2,37,44)(H,38,45). The Labute approximate surface area is 264 Å². The number of rotatable bonds is 12. The first-order valence-corrected chi connectivity index (χ1v) is 15.5. The molecule has 8 N–H and O–H groups in total. The predicted octanol–water partition coefficient (Wildman–Crippen LogP) is 2.98. The zero-order chi connectivity index (χ0) is 33.8. The van der Waals surface area contributed by atoms with Crippen molar-refractivity contribution in [3.05, 3.63) is 40.7 Å². The number of carbonyl (C=O) groups excluding carboxylic acids is 4. The van der Waals surface area contributed by atoms with Crippen LogP contribution in [0.25, 0.3) is 5.69 Å². The number of nitrogens with zero attached hydrogens (tertiary/aromatic N) is 2. The number of amides is 2. The summed E-state index contributed by atoms with van der Waals surface area (Å²) in [6.45, 7) is 4.17. The monoisotopic (exact) mass is 649 g/mol. The highest BCUT2D eigenvalue weighted by molar-refractivity contribution is 6.00. The van der Waals surface area contributed by atoms with E-state index < -0.39 is 46.6 Å². The van der Waals surface area contributed by atoms with Gasteiger partial charge in [0.15, 0.2) is 11.5 Å². The number of Topliss-reactive ketones (excluding diaryl/α,β-unsaturated/α-hetero) is 1. The summed E-state index contributed by atoms with van der Waals surface area (Å²) in [5.74, 6) is -2.13. The molecule has 46 heavy (non-hydrogen) atoms. The zero-order valence-electron chi connectivity index (χ0n) is 26.0. The Morgan fingerprint density at radius 1 is 1.15 bits per heavy atom. The van der Waals surface area contributed by atoms with Gasteiger partial charge in [-0.25, -0.2) is 4.68 Å². The molecule has 0 spiro atoms. The van der Waals surface area contributed by atoms with Crippen molar-refractivity contribution in [3.8, 4) is 5.69 Å². The van der Waals surface area contributed by atoms with Crippen molar-refractivity contribution in [1.82, 2.24) is 15.1 Å². The molecule has 1 saturated carbocycles. The summed E-state index contributed by atoms with van der Waals surface area (Å²) in [6.07, 6.45) is -1.68. The number of carbonyl (C=O) groups is 4. The molecule has 15 heteroatoms. The summed E-state index contributed by atoms with van der Waals surface area (Å²) in [4.78, 5) is 49.4. The Kier molecular flexibility index (Phi) is 10.8. The fourth-order valence-electron chi connectivity index (χ4n) is 6.04. The summed E-state index contributed by atoms with van der Waals surface area (Å²) < 4.78 is 48.5. The fraction of sp³-hybridized carbons (Fsp3) is 0.581. The Morgan fingerprint density at radius 3 is 2.48 bits per heavy atom. The number of benzene rings is 1. The van der Waals surface area contributed by atoms with Gasteiger partial charge in [0, 0.05) is 24.7 Å². The molecule has 1 heterocycles. The average molecular weight is 650 g/mol. The Balaban J connectivity index is 1.41. The van der Waals surface area contributed by atoms with Crippen molar-refractivity contribution >= 4 is 29.3 Å². The van der Waals surface area contributed by atoms with E-state index in [2.05, 4.69) is 15.7 Å². The minimum Gasteiger partial charge on any atom is -0.462 e. The maximum atomic E-state index is 13.9. The van der Waals surface area contributed by atoms with Crippen LogP contribution in [0.5, 0.6) is 0 Å². The lowest BCUT2D eigenvalue weighted by Crippen LogP contribution is -2.41. The number of aromatic nitrogens is 2. The van der Waals surface area contributed by atoms with Gasteiger partial charge < -0.3 is 32.6 Å². The van der Waals surface area contributed by atoms with E-state index in [9.17, 15) is 32.3 Å². The van der Waals surface area contributed by atoms with Gasteiger partial charge in [0.25, 0.3) is 5.91 Å². The number of esters is 1. The summed E-state index contributed by atoms with van der Waals surface area (Å²) in [5, 5.41) is 9.76. The molecule has 4 rings (SSSR count). The number of halogens is 3. The third-order valence-electron chi connectivity index (χ3n) is 8.34. The topological polar surface area (TPSA) is 197 Å². The van der Waals surface area contributed by atoms with Crippen molar-refractivity contribution in [3.63, 3.8) is 0 Å². The minimum atomic E-state index is -4.82. The highest BCUT2D eigenvalue weighted by atomic mass is 19.4. The normalized spacial score (nSPS) is 20.0. The van der Waals surface area contributed by atoms with Gasteiger partial charge >= 0.3 is 12.1 Å². The van der Waals surface area contributed by atoms with E-state index in [1.165, 1.54) is 18.2 Å². The van der Waals surface area contributed by atoms with E-state index in [1.54, 1.807) is 0 Å². The fourth-order valence-corrected chi connectivity index (χ4v) is 6.04. The molecule has 1 atom stereocenters. The van der Waals surface area contributed by atoms with E-state index >= 15 is 0 Å². The van der Waals surface area contributed by atoms with Gasteiger partial charge in [-0.3, -0.25) is 19.2 Å². The number of fused-ring (bicyclic) bond motifs is 1. The second kappa shape index (κ2) is 14.2. The lowest BCUT2D eigenvalue weighted by atomic mass is 9.75. The summed E-state index contributed by atoms with van der Waals surface area (Å²) >= 11 is 0. The predicted molar refractivity (Wildman–Crippen MR) is 163 cm³/mol. The molecule has 0 bridgehead atoms. The lowest BCUT2D eigenvalue weighted by Gasteiger charge is -2.30. The van der Waals surface area contributed by atoms with Gasteiger partial charge in [-0.1, -0.05) is 13.8 Å². The van der Waals surface area contributed by atoms with E-state index in [1.807, 2.05) is 13.8 Å². The molecule has 2 aromatic rings. The number of hydrogen-bond acceptors (Lipinski definition) is 9. The molecule has 0 saturated heterocycles. The lowest BCUT2D eigenvalue weighted by molar-refractivity contribution is -0.150. The number of hydrogen-bond donors (Lipinski definition) is 5. The van der Waals surface area contributed by atoms with Gasteiger partial charge in [0.05, 0.1) is 35.0 Å². The molecule has 1 aromatic heterocycles. The molecule has 1 fully saturated rings. The van der Waals surface area contributed by atoms with Crippen LogP contribution in [-0.2, 0) is 26.9 Å². The Hall–Kier alpha value is -3.98. The van der Waals surface area contributed by atoms with Crippen LogP contribution in [0.1, 0.15) is 97.3 Å². The van der Waals surface area contributed by atoms with Crippen LogP contribution in [0.15, 0.2) is 18.2 Å². The van der Waals surface area contributed by atoms with Gasteiger partial charge in [-0.05, 0) is 75.1 Å². The Morgan fingerprint density at radius 2 is 1.85 bits per heavy atom. The van der Waals surface area contributed by atoms with Gasteiger partial charge in [-0.15, -0.1) is 0 Å². The number of alkyl halides is 3. The van der Waals surface area contributed by atoms with Crippen LogP contribution in [-0.4, -0.2) is 64.6 Å². The molecule has 2 aliphatic rings. The molecule has 0 aliphatic heterocycles. The van der Waals surface area contributed by atoms with Crippen molar-refractivity contribution < 1.29 is 37.1 Å². The van der Waals surface area contributed by atoms with Crippen LogP contribution >= 0.6 is 0 Å². The molecular weight excluding hydrogens is 607 g/mol. The van der Waals surface area contributed by atoms with E-state index in [0.29, 0.717) is 50.8 Å². The average Bonchev–Trinajstić information content (AvgIpc) is 3.36. The summed E-state index contributed by atoms with van der Waals surface area (Å²) in [7, 11) is 0. The van der Waals surface area contributed by atoms with Gasteiger partial charge in [0.1, 0.15) is 6.10 Å². The van der Waals surface area contributed by atoms with Crippen molar-refractivity contribution in [2.75, 3.05) is 18.4 Å². The smallest absolute Gasteiger partial charge is 0.435 e. The number of primary amides is 1. The maximum absolute atomic E-state index is 13.9. The minimum absolute atomic E-state index is 0.00173. The number of nitrogens with one attached hydrogen (secondary N) is 2. The largest absolute Gasteiger partial charge is 0.462 e. The summed E-state index contributed by atoms with van der Waals surface area (Å²) in [5.41, 5.74) is 15.5. The third-order valence-corrected chi connectivity index (χ3v) is 8.34. The van der Waals surface area contributed by atoms with Gasteiger partial charge in [0.2, 0.25) is 5.91 Å². The molecule has 2 amide bonds. The molecule has 252 valence electrons. The second-order valence-corrected chi connectivity index (χ2v) is 12.8. The highest BCUT2D eigenvalue weighted by Gasteiger charge is 2.45. The number of anilines is 1. The molecule has 1 unspecified atom stereocenters. The summed E-state index contributed by atoms with van der Waals surface area (Å²) in [6, 6.07) is 3.57. The number of ketones is 1. The molecule has 2 aliphatic carbocycles. The molecule has 0 radical (unpaired) electrons. The van der Waals surface area contributed by atoms with Gasteiger partial charge in [-0.2, -0.15) is 18.3 Å². The van der Waals surface area contributed by atoms with Crippen molar-refractivity contribution in [2.45, 2.75) is 96.0 Å². The van der Waals surface area contributed by atoms with Crippen LogP contribution in [0, 0.1) is 5.41 Å². The quantitative estimate of drug-likeness (QED) is 0.215. The highest BCUT2D eigenvalue weighted by Crippen LogP contribution is 2.42. The second-order valence-electron chi connectivity index (χ2n) is 12.8. The van der Waals surface area contributed by atoms with E-state index in [-0.39, 0.29) is 60.8 Å². The first-order valence-electron chi connectivity index (χ1n) is 15.5. The number of nitrogens with two attached hydrogens (primary N) is 3. The SMILES string of the molecule is CC1(C)CC(=O)c2c(C(F)(F)F)nn(-c3ccc(C(N)=O)c(NC4CCC(OC(=O)CCNC(=O)C(N)CCCN)CC4)c3)c2C1. The van der Waals surface area contributed by atoms with Crippen LogP contribution in [0.4, 0.5) is 18.9 Å². The molecular formula is C31H42F3N7O5. The van der Waals surface area contributed by atoms with Crippen LogP contribution in [0.2, 0.25) is 0 Å². The molecule has 12 nitrogen and oxygen atoms in total. The first-order chi connectivity index (χ1) is 21.6. The maximum Gasteiger partial charge on any atom is 0.435 e.